The predicted molar refractivity (Wildman–Crippen MR) is 72.1 cm³/mol. The zero-order valence-electron chi connectivity index (χ0n) is 12.3. The Hall–Kier alpha value is -1.32. The third kappa shape index (κ3) is 4.69. The van der Waals surface area contributed by atoms with Crippen LogP contribution in [0.3, 0.4) is 0 Å². The van der Waals surface area contributed by atoms with Gasteiger partial charge >= 0.3 is 11.9 Å². The molecule has 0 saturated heterocycles. The third-order valence-corrected chi connectivity index (χ3v) is 3.71. The highest BCUT2D eigenvalue weighted by atomic mass is 16.6. The number of hydrogen-bond acceptors (Lipinski definition) is 4. The number of ether oxygens (including phenoxy) is 2. The topological polar surface area (TPSA) is 52.6 Å². The van der Waals surface area contributed by atoms with Crippen LogP contribution in [0.2, 0.25) is 0 Å². The van der Waals surface area contributed by atoms with E-state index in [1.54, 1.807) is 0 Å². The van der Waals surface area contributed by atoms with Gasteiger partial charge in [-0.15, -0.1) is 0 Å². The predicted octanol–water partition coefficient (Wildman–Crippen LogP) is 3.07. The molecule has 108 valence electrons. The van der Waals surface area contributed by atoms with Gasteiger partial charge in [-0.05, 0) is 37.2 Å². The van der Waals surface area contributed by atoms with Gasteiger partial charge in [0.2, 0.25) is 5.76 Å². The SMILES string of the molecule is C=C(OC(C)=O)C(=O)O[C@@H]1C[C@H](C)CC[C@H]1C(C)C. The fourth-order valence-electron chi connectivity index (χ4n) is 2.67. The van der Waals surface area contributed by atoms with Gasteiger partial charge in [0.25, 0.3) is 0 Å². The first-order chi connectivity index (χ1) is 8.81. The van der Waals surface area contributed by atoms with E-state index in [0.29, 0.717) is 17.8 Å². The Labute approximate surface area is 115 Å². The standard InChI is InChI=1S/C15H24O4/c1-9(2)13-7-6-10(3)8-14(13)19-15(17)11(4)18-12(5)16/h9-10,13-14H,4,6-8H2,1-3,5H3/t10-,13+,14-/m1/s1. The van der Waals surface area contributed by atoms with E-state index in [9.17, 15) is 9.59 Å². The minimum absolute atomic E-state index is 0.108. The van der Waals surface area contributed by atoms with Crippen LogP contribution in [0.15, 0.2) is 12.3 Å². The number of rotatable bonds is 4. The summed E-state index contributed by atoms with van der Waals surface area (Å²) >= 11 is 0. The van der Waals surface area contributed by atoms with E-state index in [1.165, 1.54) is 13.3 Å². The van der Waals surface area contributed by atoms with Crippen LogP contribution in [0.5, 0.6) is 0 Å². The van der Waals surface area contributed by atoms with Gasteiger partial charge in [0.15, 0.2) is 0 Å². The van der Waals surface area contributed by atoms with Crippen LogP contribution in [0.25, 0.3) is 0 Å². The van der Waals surface area contributed by atoms with Crippen molar-refractivity contribution in [2.75, 3.05) is 0 Å². The first kappa shape index (κ1) is 15.7. The lowest BCUT2D eigenvalue weighted by Crippen LogP contribution is -2.36. The summed E-state index contributed by atoms with van der Waals surface area (Å²) < 4.78 is 10.2. The molecule has 0 heterocycles. The number of hydrogen-bond donors (Lipinski definition) is 0. The zero-order chi connectivity index (χ0) is 14.6. The van der Waals surface area contributed by atoms with Crippen LogP contribution in [0, 0.1) is 17.8 Å². The van der Waals surface area contributed by atoms with Crippen molar-refractivity contribution in [3.63, 3.8) is 0 Å². The second kappa shape index (κ2) is 6.73. The van der Waals surface area contributed by atoms with Crippen LogP contribution in [-0.2, 0) is 19.1 Å². The van der Waals surface area contributed by atoms with Gasteiger partial charge in [-0.25, -0.2) is 4.79 Å². The fourth-order valence-corrected chi connectivity index (χ4v) is 2.67. The number of carbonyl (C=O) groups is 2. The number of carbonyl (C=O) groups excluding carboxylic acids is 2. The third-order valence-electron chi connectivity index (χ3n) is 3.71. The lowest BCUT2D eigenvalue weighted by atomic mass is 9.75. The Balaban J connectivity index is 2.63. The monoisotopic (exact) mass is 268 g/mol. The van der Waals surface area contributed by atoms with E-state index >= 15 is 0 Å². The van der Waals surface area contributed by atoms with Gasteiger partial charge in [-0.3, -0.25) is 4.79 Å². The maximum absolute atomic E-state index is 11.8. The van der Waals surface area contributed by atoms with Gasteiger partial charge < -0.3 is 9.47 Å². The molecule has 19 heavy (non-hydrogen) atoms. The molecule has 1 saturated carbocycles. The summed E-state index contributed by atoms with van der Waals surface area (Å²) in [5, 5.41) is 0. The summed E-state index contributed by atoms with van der Waals surface area (Å²) in [6.07, 6.45) is 2.99. The van der Waals surface area contributed by atoms with Gasteiger partial charge in [-0.2, -0.15) is 0 Å². The van der Waals surface area contributed by atoms with Crippen molar-refractivity contribution in [2.45, 2.75) is 53.1 Å². The Bertz CT molecular complexity index is 359. The molecule has 0 spiro atoms. The van der Waals surface area contributed by atoms with Crippen LogP contribution < -0.4 is 0 Å². The van der Waals surface area contributed by atoms with Crippen LogP contribution in [0.4, 0.5) is 0 Å². The molecule has 1 aliphatic carbocycles. The maximum atomic E-state index is 11.8. The molecule has 0 aromatic carbocycles. The highest BCUT2D eigenvalue weighted by Gasteiger charge is 2.34. The average Bonchev–Trinajstić information content (AvgIpc) is 2.27. The normalized spacial score (nSPS) is 26.9. The van der Waals surface area contributed by atoms with E-state index in [0.717, 1.165) is 12.8 Å². The second-order valence-electron chi connectivity index (χ2n) is 5.79. The molecule has 4 nitrogen and oxygen atoms in total. The molecular formula is C15H24O4. The maximum Gasteiger partial charge on any atom is 0.374 e. The smallest absolute Gasteiger partial charge is 0.374 e. The summed E-state index contributed by atoms with van der Waals surface area (Å²) in [7, 11) is 0. The van der Waals surface area contributed by atoms with Crippen LogP contribution in [0.1, 0.15) is 47.0 Å². The van der Waals surface area contributed by atoms with Crippen molar-refractivity contribution in [1.29, 1.82) is 0 Å². The highest BCUT2D eigenvalue weighted by molar-refractivity contribution is 5.88. The van der Waals surface area contributed by atoms with Gasteiger partial charge in [0.05, 0.1) is 0 Å². The molecule has 0 N–H and O–H groups in total. The lowest BCUT2D eigenvalue weighted by Gasteiger charge is -2.36. The van der Waals surface area contributed by atoms with E-state index < -0.39 is 11.9 Å². The van der Waals surface area contributed by atoms with Crippen molar-refractivity contribution in [3.05, 3.63) is 12.3 Å². The molecule has 4 heteroatoms. The Kier molecular flexibility index (Phi) is 5.58. The summed E-state index contributed by atoms with van der Waals surface area (Å²) in [6.45, 7) is 11.1. The first-order valence-corrected chi connectivity index (χ1v) is 6.89. The molecule has 1 rings (SSSR count). The van der Waals surface area contributed by atoms with Crippen molar-refractivity contribution >= 4 is 11.9 Å². The lowest BCUT2D eigenvalue weighted by molar-refractivity contribution is -0.159. The Morgan fingerprint density at radius 2 is 1.89 bits per heavy atom. The molecule has 3 atom stereocenters. The van der Waals surface area contributed by atoms with Crippen molar-refractivity contribution in [1.82, 2.24) is 0 Å². The van der Waals surface area contributed by atoms with E-state index in [-0.39, 0.29) is 11.9 Å². The molecule has 0 amide bonds. The minimum atomic E-state index is -0.625. The Morgan fingerprint density at radius 3 is 2.42 bits per heavy atom. The largest absolute Gasteiger partial charge is 0.456 e. The van der Waals surface area contributed by atoms with Crippen molar-refractivity contribution < 1.29 is 19.1 Å². The van der Waals surface area contributed by atoms with Crippen molar-refractivity contribution in [3.8, 4) is 0 Å². The van der Waals surface area contributed by atoms with Gasteiger partial charge in [-0.1, -0.05) is 27.2 Å². The minimum Gasteiger partial charge on any atom is -0.456 e. The van der Waals surface area contributed by atoms with E-state index in [4.69, 9.17) is 4.74 Å². The second-order valence-corrected chi connectivity index (χ2v) is 5.79. The van der Waals surface area contributed by atoms with Gasteiger partial charge in [0.1, 0.15) is 6.10 Å². The van der Waals surface area contributed by atoms with Crippen molar-refractivity contribution in [2.24, 2.45) is 17.8 Å². The van der Waals surface area contributed by atoms with Crippen LogP contribution >= 0.6 is 0 Å². The molecule has 0 aromatic rings. The van der Waals surface area contributed by atoms with E-state index in [1.807, 2.05) is 0 Å². The fraction of sp³-hybridized carbons (Fsp3) is 0.733. The first-order valence-electron chi connectivity index (χ1n) is 6.89. The molecule has 0 aromatic heterocycles. The molecule has 0 bridgehead atoms. The summed E-state index contributed by atoms with van der Waals surface area (Å²) in [4.78, 5) is 22.6. The van der Waals surface area contributed by atoms with Gasteiger partial charge in [0, 0.05) is 6.92 Å². The quantitative estimate of drug-likeness (QED) is 0.446. The van der Waals surface area contributed by atoms with Crippen LogP contribution in [-0.4, -0.2) is 18.0 Å². The van der Waals surface area contributed by atoms with E-state index in [2.05, 4.69) is 32.1 Å². The highest BCUT2D eigenvalue weighted by Crippen LogP contribution is 2.35. The summed E-state index contributed by atoms with van der Waals surface area (Å²) in [6, 6.07) is 0. The summed E-state index contributed by atoms with van der Waals surface area (Å²) in [5.74, 6) is -0.0279. The molecule has 0 unspecified atom stereocenters. The average molecular weight is 268 g/mol. The number of esters is 2. The molecule has 1 aliphatic rings. The zero-order valence-corrected chi connectivity index (χ0v) is 12.3. The Morgan fingerprint density at radius 1 is 1.26 bits per heavy atom. The summed E-state index contributed by atoms with van der Waals surface area (Å²) in [5.41, 5.74) is 0. The molecular weight excluding hydrogens is 244 g/mol. The molecule has 1 fully saturated rings. The molecule has 0 aliphatic heterocycles. The molecule has 0 radical (unpaired) electrons.